The Morgan fingerprint density at radius 2 is 1.85 bits per heavy atom. The van der Waals surface area contributed by atoms with Gasteiger partial charge in [-0.15, -0.1) is 0 Å². The fourth-order valence-corrected chi connectivity index (χ4v) is 6.27. The van der Waals surface area contributed by atoms with Gasteiger partial charge in [0.1, 0.15) is 6.61 Å². The van der Waals surface area contributed by atoms with Crippen LogP contribution < -0.4 is 0 Å². The van der Waals surface area contributed by atoms with E-state index in [4.69, 9.17) is 16.3 Å². The lowest BCUT2D eigenvalue weighted by Crippen LogP contribution is -2.43. The molecule has 1 saturated carbocycles. The highest BCUT2D eigenvalue weighted by Crippen LogP contribution is 2.38. The average Bonchev–Trinajstić information content (AvgIpc) is 3.41. The van der Waals surface area contributed by atoms with Gasteiger partial charge in [0.25, 0.3) is 0 Å². The van der Waals surface area contributed by atoms with Crippen LogP contribution >= 0.6 is 11.6 Å². The van der Waals surface area contributed by atoms with E-state index in [2.05, 4.69) is 0 Å². The molecule has 2 aromatic rings. The van der Waals surface area contributed by atoms with Crippen LogP contribution in [0.3, 0.4) is 0 Å². The zero-order chi connectivity index (χ0) is 23.6. The average molecular weight is 490 g/mol. The topological polar surface area (TPSA) is 80.8 Å². The summed E-state index contributed by atoms with van der Waals surface area (Å²) in [5.41, 5.74) is 1.65. The minimum atomic E-state index is -3.49. The van der Waals surface area contributed by atoms with Gasteiger partial charge in [-0.25, -0.2) is 18.1 Å². The van der Waals surface area contributed by atoms with Gasteiger partial charge in [-0.05, 0) is 42.0 Å². The number of halogens is 1. The summed E-state index contributed by atoms with van der Waals surface area (Å²) in [5.74, 6) is -0.532. The molecule has 0 bridgehead atoms. The summed E-state index contributed by atoms with van der Waals surface area (Å²) in [5, 5.41) is 0.0871. The standard InChI is InChI=1S/C25H28ClNO5S/c1-33(30,31)23-12-11-19(15-22(23)26)21(14-18-9-5-6-10-18)24(28)27-20(16-32-25(27)29)13-17-7-3-2-4-8-17/h2-4,7-8,11-12,15,18,20-21H,5-6,9-10,13-14,16H2,1H3/t20?,21-/m0/s1. The van der Waals surface area contributed by atoms with Crippen LogP contribution in [0.5, 0.6) is 0 Å². The highest BCUT2D eigenvalue weighted by atomic mass is 35.5. The first-order chi connectivity index (χ1) is 15.7. The number of imide groups is 1. The lowest BCUT2D eigenvalue weighted by Gasteiger charge is -2.27. The van der Waals surface area contributed by atoms with E-state index in [-0.39, 0.29) is 28.5 Å². The van der Waals surface area contributed by atoms with E-state index in [0.29, 0.717) is 24.3 Å². The van der Waals surface area contributed by atoms with E-state index in [0.717, 1.165) is 37.5 Å². The van der Waals surface area contributed by atoms with Crippen molar-refractivity contribution in [3.8, 4) is 0 Å². The number of hydrogen-bond donors (Lipinski definition) is 0. The second-order valence-corrected chi connectivity index (χ2v) is 11.4. The highest BCUT2D eigenvalue weighted by molar-refractivity contribution is 7.90. The molecule has 1 heterocycles. The fraction of sp³-hybridized carbons (Fsp3) is 0.440. The molecule has 8 heteroatoms. The van der Waals surface area contributed by atoms with Crippen molar-refractivity contribution in [2.24, 2.45) is 5.92 Å². The van der Waals surface area contributed by atoms with E-state index < -0.39 is 21.8 Å². The Balaban J connectivity index is 1.65. The van der Waals surface area contributed by atoms with Crippen molar-refractivity contribution in [3.05, 3.63) is 64.7 Å². The van der Waals surface area contributed by atoms with E-state index in [9.17, 15) is 18.0 Å². The van der Waals surface area contributed by atoms with Crippen LogP contribution in [0.2, 0.25) is 5.02 Å². The molecule has 1 aliphatic heterocycles. The maximum atomic E-state index is 13.8. The van der Waals surface area contributed by atoms with Crippen LogP contribution in [0.4, 0.5) is 4.79 Å². The summed E-state index contributed by atoms with van der Waals surface area (Å²) >= 11 is 6.31. The Morgan fingerprint density at radius 1 is 1.15 bits per heavy atom. The lowest BCUT2D eigenvalue weighted by atomic mass is 9.86. The fourth-order valence-electron chi connectivity index (χ4n) is 4.93. The highest BCUT2D eigenvalue weighted by Gasteiger charge is 2.42. The molecule has 2 aromatic carbocycles. The SMILES string of the molecule is CS(=O)(=O)c1ccc([C@H](CC2CCCC2)C(=O)N2C(=O)OCC2Cc2ccccc2)cc1Cl. The monoisotopic (exact) mass is 489 g/mol. The van der Waals surface area contributed by atoms with Gasteiger partial charge in [0, 0.05) is 6.26 Å². The molecule has 6 nitrogen and oxygen atoms in total. The first kappa shape index (κ1) is 23.8. The van der Waals surface area contributed by atoms with Gasteiger partial charge in [0.15, 0.2) is 9.84 Å². The third kappa shape index (κ3) is 5.41. The van der Waals surface area contributed by atoms with Gasteiger partial charge in [-0.3, -0.25) is 4.79 Å². The van der Waals surface area contributed by atoms with Crippen molar-refractivity contribution < 1.29 is 22.7 Å². The molecule has 2 amide bonds. The van der Waals surface area contributed by atoms with E-state index in [1.165, 1.54) is 11.0 Å². The van der Waals surface area contributed by atoms with Crippen LogP contribution in [0.1, 0.15) is 49.1 Å². The van der Waals surface area contributed by atoms with Gasteiger partial charge in [0.05, 0.1) is 21.9 Å². The van der Waals surface area contributed by atoms with Crippen LogP contribution in [0.25, 0.3) is 0 Å². The number of ether oxygens (including phenoxy) is 1. The minimum absolute atomic E-state index is 0.0301. The number of cyclic esters (lactones) is 1. The Kier molecular flexibility index (Phi) is 7.10. The number of rotatable bonds is 7. The number of hydrogen-bond acceptors (Lipinski definition) is 5. The Hall–Kier alpha value is -2.38. The zero-order valence-electron chi connectivity index (χ0n) is 18.6. The predicted octanol–water partition coefficient (Wildman–Crippen LogP) is 5.00. The molecular formula is C25H28ClNO5S. The number of carbonyl (C=O) groups is 2. The maximum Gasteiger partial charge on any atom is 0.417 e. The minimum Gasteiger partial charge on any atom is -0.447 e. The van der Waals surface area contributed by atoms with E-state index in [1.54, 1.807) is 12.1 Å². The predicted molar refractivity (Wildman–Crippen MR) is 126 cm³/mol. The van der Waals surface area contributed by atoms with Crippen molar-refractivity contribution in [1.29, 1.82) is 0 Å². The maximum absolute atomic E-state index is 13.8. The molecule has 1 aliphatic carbocycles. The van der Waals surface area contributed by atoms with E-state index in [1.807, 2.05) is 30.3 Å². The summed E-state index contributed by atoms with van der Waals surface area (Å²) in [6.07, 6.45) is 5.91. The second-order valence-electron chi connectivity index (χ2n) is 9.03. The normalized spacial score (nSPS) is 20.1. The van der Waals surface area contributed by atoms with Crippen molar-refractivity contribution in [2.75, 3.05) is 12.9 Å². The van der Waals surface area contributed by atoms with Crippen molar-refractivity contribution in [3.63, 3.8) is 0 Å². The second kappa shape index (κ2) is 9.85. The van der Waals surface area contributed by atoms with Crippen LogP contribution in [-0.4, -0.2) is 44.2 Å². The Labute approximate surface area is 199 Å². The quantitative estimate of drug-likeness (QED) is 0.546. The molecule has 1 saturated heterocycles. The lowest BCUT2D eigenvalue weighted by molar-refractivity contribution is -0.131. The van der Waals surface area contributed by atoms with Gasteiger partial charge in [-0.2, -0.15) is 0 Å². The Bertz CT molecular complexity index is 1130. The van der Waals surface area contributed by atoms with Crippen LogP contribution in [0, 0.1) is 5.92 Å². The summed E-state index contributed by atoms with van der Waals surface area (Å²) in [7, 11) is -3.49. The zero-order valence-corrected chi connectivity index (χ0v) is 20.1. The number of sulfone groups is 1. The molecular weight excluding hydrogens is 462 g/mol. The molecule has 33 heavy (non-hydrogen) atoms. The molecule has 2 aliphatic rings. The number of amides is 2. The number of benzene rings is 2. The summed E-state index contributed by atoms with van der Waals surface area (Å²) in [6, 6.07) is 14.0. The number of carbonyl (C=O) groups excluding carboxylic acids is 2. The molecule has 0 aromatic heterocycles. The molecule has 2 atom stereocenters. The molecule has 4 rings (SSSR count). The van der Waals surface area contributed by atoms with E-state index >= 15 is 0 Å². The summed E-state index contributed by atoms with van der Waals surface area (Å²) in [4.78, 5) is 27.7. The molecule has 176 valence electrons. The first-order valence-electron chi connectivity index (χ1n) is 11.3. The summed E-state index contributed by atoms with van der Waals surface area (Å²) in [6.45, 7) is 0.156. The van der Waals surface area contributed by atoms with Crippen LogP contribution in [-0.2, 0) is 25.8 Å². The third-order valence-corrected chi connectivity index (χ3v) is 8.19. The molecule has 2 fully saturated rings. The molecule has 1 unspecified atom stereocenters. The van der Waals surface area contributed by atoms with Gasteiger partial charge >= 0.3 is 6.09 Å². The third-order valence-electron chi connectivity index (χ3n) is 6.61. The van der Waals surface area contributed by atoms with Crippen LogP contribution in [0.15, 0.2) is 53.4 Å². The van der Waals surface area contributed by atoms with Gasteiger partial charge in [-0.1, -0.05) is 73.7 Å². The molecule has 0 N–H and O–H groups in total. The van der Waals surface area contributed by atoms with Crippen molar-refractivity contribution >= 4 is 33.4 Å². The summed E-state index contributed by atoms with van der Waals surface area (Å²) < 4.78 is 29.3. The van der Waals surface area contributed by atoms with Gasteiger partial charge < -0.3 is 4.74 Å². The largest absolute Gasteiger partial charge is 0.447 e. The number of nitrogens with zero attached hydrogens (tertiary/aromatic N) is 1. The Morgan fingerprint density at radius 3 is 2.48 bits per heavy atom. The molecule has 0 radical (unpaired) electrons. The smallest absolute Gasteiger partial charge is 0.417 e. The molecule has 0 spiro atoms. The van der Waals surface area contributed by atoms with Crippen molar-refractivity contribution in [1.82, 2.24) is 4.90 Å². The van der Waals surface area contributed by atoms with Gasteiger partial charge in [0.2, 0.25) is 5.91 Å². The van der Waals surface area contributed by atoms with Crippen molar-refractivity contribution in [2.45, 2.75) is 55.4 Å². The first-order valence-corrected chi connectivity index (χ1v) is 13.5.